The second-order valence-electron chi connectivity index (χ2n) is 4.77. The van der Waals surface area contributed by atoms with Crippen LogP contribution in [-0.2, 0) is 4.79 Å². The number of hydrogen-bond donors (Lipinski definition) is 0. The van der Waals surface area contributed by atoms with Gasteiger partial charge in [0, 0.05) is 16.1 Å². The average Bonchev–Trinajstić information content (AvgIpc) is 2.60. The van der Waals surface area contributed by atoms with Crippen molar-refractivity contribution in [2.75, 3.05) is 0 Å². The molecule has 4 nitrogen and oxygen atoms in total. The highest BCUT2D eigenvalue weighted by Crippen LogP contribution is 2.22. The first-order chi connectivity index (χ1) is 12.0. The topological polar surface area (TPSA) is 73.9 Å². The quantitative estimate of drug-likeness (QED) is 0.327. The zero-order valence-corrected chi connectivity index (χ0v) is 14.3. The maximum atomic E-state index is 11.8. The van der Waals surface area contributed by atoms with Crippen molar-refractivity contribution in [3.8, 4) is 17.9 Å². The Morgan fingerprint density at radius 1 is 1.04 bits per heavy atom. The van der Waals surface area contributed by atoms with Crippen LogP contribution in [0.25, 0.3) is 12.2 Å². The number of nitrogens with zero attached hydrogens (tertiary/aromatic N) is 2. The molecule has 122 valence electrons. The summed E-state index contributed by atoms with van der Waals surface area (Å²) in [4.78, 5) is 11.8. The zero-order valence-electron chi connectivity index (χ0n) is 12.7. The largest absolute Gasteiger partial charge is 0.423 e. The first kappa shape index (κ1) is 18.3. The van der Waals surface area contributed by atoms with E-state index in [1.54, 1.807) is 54.6 Å². The number of rotatable bonds is 4. The lowest BCUT2D eigenvalue weighted by molar-refractivity contribution is -0.128. The molecule has 25 heavy (non-hydrogen) atoms. The Morgan fingerprint density at radius 3 is 2.32 bits per heavy atom. The Bertz CT molecular complexity index is 917. The van der Waals surface area contributed by atoms with Gasteiger partial charge in [-0.15, -0.1) is 0 Å². The maximum Gasteiger partial charge on any atom is 0.336 e. The SMILES string of the molecule is N#CC(C#N)=Cc1ccc(OC(=O)/C=C/c2ccc(Cl)cc2Cl)cc1. The summed E-state index contributed by atoms with van der Waals surface area (Å²) in [5.74, 6) is -0.228. The van der Waals surface area contributed by atoms with E-state index in [-0.39, 0.29) is 5.57 Å². The third-order valence-electron chi connectivity index (χ3n) is 3.01. The van der Waals surface area contributed by atoms with E-state index in [0.717, 1.165) is 0 Å². The number of allylic oxidation sites excluding steroid dienone is 1. The molecule has 2 aromatic rings. The molecule has 0 heterocycles. The lowest BCUT2D eigenvalue weighted by Gasteiger charge is -2.02. The summed E-state index contributed by atoms with van der Waals surface area (Å²) in [6.07, 6.45) is 4.23. The molecule has 2 rings (SSSR count). The van der Waals surface area contributed by atoms with Gasteiger partial charge in [-0.25, -0.2) is 4.79 Å². The summed E-state index contributed by atoms with van der Waals surface area (Å²) in [5, 5.41) is 18.4. The Balaban J connectivity index is 2.03. The van der Waals surface area contributed by atoms with Crippen LogP contribution in [0.4, 0.5) is 0 Å². The summed E-state index contributed by atoms with van der Waals surface area (Å²) in [6, 6.07) is 14.9. The number of carbonyl (C=O) groups is 1. The normalized spacial score (nSPS) is 9.92. The fourth-order valence-corrected chi connectivity index (χ4v) is 2.30. The lowest BCUT2D eigenvalue weighted by Crippen LogP contribution is -2.03. The van der Waals surface area contributed by atoms with Crippen LogP contribution in [0.15, 0.2) is 54.1 Å². The molecule has 0 saturated carbocycles. The van der Waals surface area contributed by atoms with E-state index < -0.39 is 5.97 Å². The minimum absolute atomic E-state index is 0.00692. The van der Waals surface area contributed by atoms with Crippen LogP contribution in [0.5, 0.6) is 5.75 Å². The number of nitriles is 2. The van der Waals surface area contributed by atoms with Crippen molar-refractivity contribution in [2.45, 2.75) is 0 Å². The Labute approximate surface area is 154 Å². The van der Waals surface area contributed by atoms with Gasteiger partial charge in [0.15, 0.2) is 0 Å². The van der Waals surface area contributed by atoms with Gasteiger partial charge in [0.25, 0.3) is 0 Å². The molecule has 0 atom stereocenters. The van der Waals surface area contributed by atoms with Crippen molar-refractivity contribution >= 4 is 41.3 Å². The second kappa shape index (κ2) is 8.70. The number of benzene rings is 2. The molecule has 0 aromatic heterocycles. The van der Waals surface area contributed by atoms with Gasteiger partial charge >= 0.3 is 5.97 Å². The first-order valence-corrected chi connectivity index (χ1v) is 7.74. The molecule has 0 radical (unpaired) electrons. The second-order valence-corrected chi connectivity index (χ2v) is 5.61. The molecule has 0 aliphatic heterocycles. The monoisotopic (exact) mass is 368 g/mol. The smallest absolute Gasteiger partial charge is 0.336 e. The van der Waals surface area contributed by atoms with Crippen LogP contribution >= 0.6 is 23.2 Å². The van der Waals surface area contributed by atoms with Gasteiger partial charge < -0.3 is 4.74 Å². The van der Waals surface area contributed by atoms with Crippen molar-refractivity contribution in [2.24, 2.45) is 0 Å². The van der Waals surface area contributed by atoms with E-state index in [1.807, 2.05) is 0 Å². The summed E-state index contributed by atoms with van der Waals surface area (Å²) in [6.45, 7) is 0. The van der Waals surface area contributed by atoms with Gasteiger partial charge in [0.1, 0.15) is 23.5 Å². The summed E-state index contributed by atoms with van der Waals surface area (Å²) in [7, 11) is 0. The zero-order chi connectivity index (χ0) is 18.2. The fraction of sp³-hybridized carbons (Fsp3) is 0. The van der Waals surface area contributed by atoms with Gasteiger partial charge in [0.2, 0.25) is 0 Å². The highest BCUT2D eigenvalue weighted by atomic mass is 35.5. The number of carbonyl (C=O) groups excluding carboxylic acids is 1. The highest BCUT2D eigenvalue weighted by Gasteiger charge is 2.03. The van der Waals surface area contributed by atoms with Gasteiger partial charge in [-0.1, -0.05) is 41.4 Å². The standard InChI is InChI=1S/C19H10Cl2N2O2/c20-16-5-3-15(18(21)10-16)4-8-19(24)25-17-6-1-13(2-7-17)9-14(11-22)12-23/h1-10H/b8-4+. The molecule has 0 saturated heterocycles. The van der Waals surface area contributed by atoms with E-state index in [9.17, 15) is 4.79 Å². The molecule has 0 fully saturated rings. The summed E-state index contributed by atoms with van der Waals surface area (Å²) < 4.78 is 5.17. The van der Waals surface area contributed by atoms with Crippen molar-refractivity contribution in [1.82, 2.24) is 0 Å². The van der Waals surface area contributed by atoms with E-state index >= 15 is 0 Å². The van der Waals surface area contributed by atoms with Crippen LogP contribution in [-0.4, -0.2) is 5.97 Å². The van der Waals surface area contributed by atoms with Crippen LogP contribution < -0.4 is 4.74 Å². The number of hydrogen-bond acceptors (Lipinski definition) is 4. The molecule has 2 aromatic carbocycles. The molecule has 0 N–H and O–H groups in total. The van der Waals surface area contributed by atoms with E-state index in [4.69, 9.17) is 38.5 Å². The third kappa shape index (κ3) is 5.51. The molecule has 0 spiro atoms. The lowest BCUT2D eigenvalue weighted by atomic mass is 10.1. The minimum atomic E-state index is -0.566. The average molecular weight is 369 g/mol. The molecule has 0 amide bonds. The summed E-state index contributed by atoms with van der Waals surface area (Å²) >= 11 is 11.8. The van der Waals surface area contributed by atoms with Gasteiger partial charge in [-0.2, -0.15) is 10.5 Å². The Hall–Kier alpha value is -3.05. The van der Waals surface area contributed by atoms with Crippen molar-refractivity contribution < 1.29 is 9.53 Å². The molecular weight excluding hydrogens is 359 g/mol. The van der Waals surface area contributed by atoms with Gasteiger partial charge in [-0.05, 0) is 47.5 Å². The van der Waals surface area contributed by atoms with Crippen LogP contribution in [0.1, 0.15) is 11.1 Å². The van der Waals surface area contributed by atoms with Gasteiger partial charge in [-0.3, -0.25) is 0 Å². The molecule has 6 heteroatoms. The number of esters is 1. The fourth-order valence-electron chi connectivity index (χ4n) is 1.83. The van der Waals surface area contributed by atoms with Crippen molar-refractivity contribution in [1.29, 1.82) is 10.5 Å². The molecule has 0 bridgehead atoms. The minimum Gasteiger partial charge on any atom is -0.423 e. The Kier molecular flexibility index (Phi) is 6.37. The first-order valence-electron chi connectivity index (χ1n) is 6.98. The van der Waals surface area contributed by atoms with Crippen LogP contribution in [0.2, 0.25) is 10.0 Å². The maximum absolute atomic E-state index is 11.8. The van der Waals surface area contributed by atoms with E-state index in [0.29, 0.717) is 26.9 Å². The molecule has 0 aliphatic carbocycles. The number of halogens is 2. The van der Waals surface area contributed by atoms with Crippen molar-refractivity contribution in [3.63, 3.8) is 0 Å². The third-order valence-corrected chi connectivity index (χ3v) is 3.57. The highest BCUT2D eigenvalue weighted by molar-refractivity contribution is 6.35. The van der Waals surface area contributed by atoms with E-state index in [2.05, 4.69) is 0 Å². The van der Waals surface area contributed by atoms with Crippen LogP contribution in [0.3, 0.4) is 0 Å². The molecule has 0 unspecified atom stereocenters. The molecular formula is C19H10Cl2N2O2. The van der Waals surface area contributed by atoms with Crippen LogP contribution in [0, 0.1) is 22.7 Å². The predicted octanol–water partition coefficient (Wildman–Crippen LogP) is 5.04. The molecule has 0 aliphatic rings. The number of ether oxygens (including phenoxy) is 1. The predicted molar refractivity (Wildman–Crippen MR) is 96.8 cm³/mol. The Morgan fingerprint density at radius 2 is 1.72 bits per heavy atom. The van der Waals surface area contributed by atoms with E-state index in [1.165, 1.54) is 18.2 Å². The summed E-state index contributed by atoms with van der Waals surface area (Å²) in [5.41, 5.74) is 1.29. The van der Waals surface area contributed by atoms with Gasteiger partial charge in [0.05, 0.1) is 0 Å². The van der Waals surface area contributed by atoms with Crippen molar-refractivity contribution in [3.05, 3.63) is 75.3 Å².